The van der Waals surface area contributed by atoms with Crippen molar-refractivity contribution in [1.29, 1.82) is 0 Å². The van der Waals surface area contributed by atoms with E-state index in [9.17, 15) is 18.3 Å². The van der Waals surface area contributed by atoms with Crippen molar-refractivity contribution < 1.29 is 18.3 Å². The number of sulfonamides is 1. The quantitative estimate of drug-likeness (QED) is 0.894. The van der Waals surface area contributed by atoms with Crippen LogP contribution in [0.3, 0.4) is 0 Å². The first-order valence-corrected chi connectivity index (χ1v) is 9.81. The first-order chi connectivity index (χ1) is 11.9. The second kappa shape index (κ2) is 6.89. The molecule has 1 atom stereocenters. The Balaban J connectivity index is 1.94. The lowest BCUT2D eigenvalue weighted by Gasteiger charge is -2.30. The molecule has 1 saturated heterocycles. The molecule has 0 amide bonds. The van der Waals surface area contributed by atoms with E-state index in [1.165, 1.54) is 22.8 Å². The number of aromatic nitrogens is 2. The lowest BCUT2D eigenvalue weighted by molar-refractivity contribution is 0.0697. The van der Waals surface area contributed by atoms with Gasteiger partial charge in [0, 0.05) is 30.8 Å². The molecule has 3 rings (SSSR count). The zero-order chi connectivity index (χ0) is 18.0. The average Bonchev–Trinajstić information content (AvgIpc) is 2.61. The van der Waals surface area contributed by atoms with Crippen LogP contribution in [0.1, 0.15) is 34.8 Å². The molecule has 0 spiro atoms. The largest absolute Gasteiger partial charge is 0.478 e. The number of hydrogen-bond donors (Lipinski definition) is 1. The molecule has 0 aliphatic carbocycles. The molecule has 1 fully saturated rings. The fraction of sp³-hybridized carbons (Fsp3) is 0.353. The summed E-state index contributed by atoms with van der Waals surface area (Å²) in [6.45, 7) is 0.891. The molecule has 25 heavy (non-hydrogen) atoms. The number of nitrogens with zero attached hydrogens (tertiary/aromatic N) is 3. The van der Waals surface area contributed by atoms with Crippen LogP contribution in [0.2, 0.25) is 0 Å². The Labute approximate surface area is 146 Å². The minimum Gasteiger partial charge on any atom is -0.478 e. The van der Waals surface area contributed by atoms with Crippen molar-refractivity contribution in [2.75, 3.05) is 19.3 Å². The maximum absolute atomic E-state index is 11.8. The van der Waals surface area contributed by atoms with E-state index in [-0.39, 0.29) is 11.5 Å². The van der Waals surface area contributed by atoms with Gasteiger partial charge >= 0.3 is 5.97 Å². The van der Waals surface area contributed by atoms with Crippen molar-refractivity contribution in [3.05, 3.63) is 47.9 Å². The van der Waals surface area contributed by atoms with Crippen LogP contribution in [-0.4, -0.2) is 53.1 Å². The number of carboxylic acids is 1. The Bertz CT molecular complexity index is 898. The molecule has 0 radical (unpaired) electrons. The summed E-state index contributed by atoms with van der Waals surface area (Å²) in [6, 6.07) is 6.64. The molecule has 8 heteroatoms. The minimum absolute atomic E-state index is 0.0482. The van der Waals surface area contributed by atoms with Crippen molar-refractivity contribution in [2.45, 2.75) is 18.8 Å². The normalized spacial score (nSPS) is 18.8. The molecule has 0 unspecified atom stereocenters. The monoisotopic (exact) mass is 361 g/mol. The van der Waals surface area contributed by atoms with E-state index in [2.05, 4.69) is 9.97 Å². The summed E-state index contributed by atoms with van der Waals surface area (Å²) in [4.78, 5) is 20.2. The maximum Gasteiger partial charge on any atom is 0.336 e. The summed E-state index contributed by atoms with van der Waals surface area (Å²) in [5.41, 5.74) is 1.83. The lowest BCUT2D eigenvalue weighted by atomic mass is 9.96. The van der Waals surface area contributed by atoms with Crippen LogP contribution in [0.25, 0.3) is 11.3 Å². The summed E-state index contributed by atoms with van der Waals surface area (Å²) >= 11 is 0. The second-order valence-corrected chi connectivity index (χ2v) is 8.12. The van der Waals surface area contributed by atoms with Crippen molar-refractivity contribution in [3.63, 3.8) is 0 Å². The third kappa shape index (κ3) is 3.85. The molecule has 1 aliphatic heterocycles. The van der Waals surface area contributed by atoms with Gasteiger partial charge in [0.25, 0.3) is 0 Å². The van der Waals surface area contributed by atoms with E-state index < -0.39 is 16.0 Å². The van der Waals surface area contributed by atoms with Crippen LogP contribution in [0.4, 0.5) is 0 Å². The van der Waals surface area contributed by atoms with Crippen LogP contribution in [0.5, 0.6) is 0 Å². The summed E-state index contributed by atoms with van der Waals surface area (Å²) in [6.07, 6.45) is 5.95. The first-order valence-electron chi connectivity index (χ1n) is 7.96. The average molecular weight is 361 g/mol. The summed E-state index contributed by atoms with van der Waals surface area (Å²) < 4.78 is 25.1. The summed E-state index contributed by atoms with van der Waals surface area (Å²) in [5.74, 6) is -1.07. The number of rotatable bonds is 4. The standard InChI is InChI=1S/C17H19N3O4S/c1-25(23,24)20-8-4-5-12(11-20)15-9-18-10-16(19-15)13-6-2-3-7-14(13)17(21)22/h2-3,6-7,9-10,12H,4-5,8,11H2,1H3,(H,21,22)/t12-/m0/s1. The number of benzene rings is 1. The van der Waals surface area contributed by atoms with Gasteiger partial charge in [-0.05, 0) is 18.9 Å². The van der Waals surface area contributed by atoms with Gasteiger partial charge in [-0.15, -0.1) is 0 Å². The van der Waals surface area contributed by atoms with Crippen LogP contribution >= 0.6 is 0 Å². The van der Waals surface area contributed by atoms with Crippen LogP contribution in [0, 0.1) is 0 Å². The van der Waals surface area contributed by atoms with Gasteiger partial charge in [-0.3, -0.25) is 4.98 Å². The van der Waals surface area contributed by atoms with Crippen LogP contribution < -0.4 is 0 Å². The molecule has 7 nitrogen and oxygen atoms in total. The Morgan fingerprint density at radius 3 is 2.76 bits per heavy atom. The number of piperidine rings is 1. The van der Waals surface area contributed by atoms with E-state index in [1.54, 1.807) is 24.4 Å². The molecule has 1 N–H and O–H groups in total. The highest BCUT2D eigenvalue weighted by atomic mass is 32.2. The smallest absolute Gasteiger partial charge is 0.336 e. The number of carbonyl (C=O) groups is 1. The minimum atomic E-state index is -3.24. The Morgan fingerprint density at radius 1 is 1.28 bits per heavy atom. The van der Waals surface area contributed by atoms with E-state index in [0.717, 1.165) is 12.8 Å². The lowest BCUT2D eigenvalue weighted by Crippen LogP contribution is -2.38. The van der Waals surface area contributed by atoms with E-state index >= 15 is 0 Å². The van der Waals surface area contributed by atoms with Crippen molar-refractivity contribution >= 4 is 16.0 Å². The first kappa shape index (κ1) is 17.5. The SMILES string of the molecule is CS(=O)(=O)N1CCC[C@H](c2cncc(-c3ccccc3C(=O)O)n2)C1. The van der Waals surface area contributed by atoms with Gasteiger partial charge in [-0.2, -0.15) is 0 Å². The second-order valence-electron chi connectivity index (χ2n) is 6.14. The molecule has 2 heterocycles. The summed E-state index contributed by atoms with van der Waals surface area (Å²) in [5, 5.41) is 9.35. The predicted molar refractivity (Wildman–Crippen MR) is 92.8 cm³/mol. The van der Waals surface area contributed by atoms with Crippen molar-refractivity contribution in [1.82, 2.24) is 14.3 Å². The fourth-order valence-corrected chi connectivity index (χ4v) is 4.00. The number of carboxylic acid groups (broad SMARTS) is 1. The molecule has 0 bridgehead atoms. The van der Waals surface area contributed by atoms with Gasteiger partial charge in [0.1, 0.15) is 0 Å². The van der Waals surface area contributed by atoms with Crippen molar-refractivity contribution in [3.8, 4) is 11.3 Å². The third-order valence-electron chi connectivity index (χ3n) is 4.36. The third-order valence-corrected chi connectivity index (χ3v) is 5.63. The van der Waals surface area contributed by atoms with E-state index in [4.69, 9.17) is 0 Å². The van der Waals surface area contributed by atoms with Crippen molar-refractivity contribution in [2.24, 2.45) is 0 Å². The number of aromatic carboxylic acids is 1. The zero-order valence-electron chi connectivity index (χ0n) is 13.8. The Hall–Kier alpha value is -2.32. The van der Waals surface area contributed by atoms with Gasteiger partial charge < -0.3 is 5.11 Å². The van der Waals surface area contributed by atoms with Gasteiger partial charge in [-0.25, -0.2) is 22.5 Å². The maximum atomic E-state index is 11.8. The van der Waals surface area contributed by atoms with Gasteiger partial charge in [0.05, 0.1) is 29.4 Å². The molecule has 132 valence electrons. The molecule has 1 aromatic heterocycles. The highest BCUT2D eigenvalue weighted by molar-refractivity contribution is 7.88. The molecular formula is C17H19N3O4S. The Kier molecular flexibility index (Phi) is 4.82. The topological polar surface area (TPSA) is 100 Å². The fourth-order valence-electron chi connectivity index (χ4n) is 3.09. The van der Waals surface area contributed by atoms with E-state index in [0.29, 0.717) is 30.0 Å². The van der Waals surface area contributed by atoms with Crippen LogP contribution in [0.15, 0.2) is 36.7 Å². The van der Waals surface area contributed by atoms with E-state index in [1.807, 2.05) is 0 Å². The molecule has 1 aromatic carbocycles. The molecule has 2 aromatic rings. The number of hydrogen-bond acceptors (Lipinski definition) is 5. The summed E-state index contributed by atoms with van der Waals surface area (Å²) in [7, 11) is -3.24. The Morgan fingerprint density at radius 2 is 2.04 bits per heavy atom. The highest BCUT2D eigenvalue weighted by Gasteiger charge is 2.28. The zero-order valence-corrected chi connectivity index (χ0v) is 14.6. The molecule has 1 aliphatic rings. The molecule has 0 saturated carbocycles. The van der Waals surface area contributed by atoms with Gasteiger partial charge in [0.15, 0.2) is 0 Å². The molecular weight excluding hydrogens is 342 g/mol. The highest BCUT2D eigenvalue weighted by Crippen LogP contribution is 2.29. The van der Waals surface area contributed by atoms with Crippen LogP contribution in [-0.2, 0) is 10.0 Å². The van der Waals surface area contributed by atoms with Gasteiger partial charge in [-0.1, -0.05) is 18.2 Å². The predicted octanol–water partition coefficient (Wildman–Crippen LogP) is 1.98. The van der Waals surface area contributed by atoms with Gasteiger partial charge in [0.2, 0.25) is 10.0 Å².